The van der Waals surface area contributed by atoms with Crippen LogP contribution in [0.2, 0.25) is 10.0 Å². The molecular formula is C31H43Cl2N5O7S2. The Bertz CT molecular complexity index is 1600. The normalized spacial score (nSPS) is 19.9. The molecule has 2 heterocycles. The van der Waals surface area contributed by atoms with Crippen LogP contribution in [-0.2, 0) is 54.1 Å². The lowest BCUT2D eigenvalue weighted by atomic mass is 9.91. The molecular weight excluding hydrogens is 689 g/mol. The van der Waals surface area contributed by atoms with Crippen molar-refractivity contribution in [3.63, 3.8) is 0 Å². The Hall–Kier alpha value is -2.30. The maximum Gasteiger partial charge on any atom is 0.243 e. The topological polar surface area (TPSA) is 163 Å². The van der Waals surface area contributed by atoms with E-state index in [2.05, 4.69) is 20.1 Å². The number of benzene rings is 2. The standard InChI is InChI=1S/C31H43Cl2N5O7S2/c1-46(41,42)36-18-23-6-9-26(33)15-24(23)17-35-30(39)29-16-27(45-20-22-3-7-25(32)8-4-22)19-38(29)31(40)28(37-47(2,43)44)10-5-21-11-13-34-14-12-21/h3-4,6-9,15,21,27-29,34,36-37H,5,10-14,16-20H2,1-2H3,(H,35,39)/t27-,28-,29+/m1/s1. The van der Waals surface area contributed by atoms with Crippen molar-refractivity contribution in [3.05, 3.63) is 69.2 Å². The van der Waals surface area contributed by atoms with Gasteiger partial charge in [0.05, 0.1) is 25.2 Å². The Labute approximate surface area is 287 Å². The minimum atomic E-state index is -3.74. The number of amides is 2. The SMILES string of the molecule is CS(=O)(=O)NCc1ccc(Cl)cc1CNC(=O)[C@@H]1C[C@@H](OCc2ccc(Cl)cc2)CN1C(=O)[C@@H](CCC1CCNCC1)NS(C)(=O)=O. The fraction of sp³-hybridized carbons (Fsp3) is 0.548. The summed E-state index contributed by atoms with van der Waals surface area (Å²) >= 11 is 12.2. The molecule has 4 N–H and O–H groups in total. The van der Waals surface area contributed by atoms with E-state index in [1.807, 2.05) is 12.1 Å². The smallest absolute Gasteiger partial charge is 0.243 e. The molecule has 2 amide bonds. The lowest BCUT2D eigenvalue weighted by molar-refractivity contribution is -0.140. The van der Waals surface area contributed by atoms with Gasteiger partial charge in [-0.3, -0.25) is 9.59 Å². The van der Waals surface area contributed by atoms with Crippen molar-refractivity contribution in [2.45, 2.75) is 70.0 Å². The summed E-state index contributed by atoms with van der Waals surface area (Å²) < 4.78 is 59.2. The molecule has 4 rings (SSSR count). The van der Waals surface area contributed by atoms with E-state index >= 15 is 0 Å². The summed E-state index contributed by atoms with van der Waals surface area (Å²) in [5.41, 5.74) is 2.10. The average Bonchev–Trinajstić information content (AvgIpc) is 3.45. The van der Waals surface area contributed by atoms with E-state index in [4.69, 9.17) is 27.9 Å². The van der Waals surface area contributed by atoms with Crippen LogP contribution in [0.5, 0.6) is 0 Å². The third-order valence-electron chi connectivity index (χ3n) is 8.37. The van der Waals surface area contributed by atoms with E-state index in [0.29, 0.717) is 39.9 Å². The third-order valence-corrected chi connectivity index (χ3v) is 10.2. The number of rotatable bonds is 15. The van der Waals surface area contributed by atoms with Gasteiger partial charge in [0.15, 0.2) is 0 Å². The Balaban J connectivity index is 1.52. The molecule has 3 atom stereocenters. The molecule has 0 spiro atoms. The second-order valence-corrected chi connectivity index (χ2v) is 16.7. The van der Waals surface area contributed by atoms with Crippen LogP contribution in [0.1, 0.15) is 48.8 Å². The summed E-state index contributed by atoms with van der Waals surface area (Å²) in [6.45, 7) is 2.12. The van der Waals surface area contributed by atoms with Crippen LogP contribution in [0.4, 0.5) is 0 Å². The zero-order valence-electron chi connectivity index (χ0n) is 26.5. The Morgan fingerprint density at radius 2 is 1.64 bits per heavy atom. The van der Waals surface area contributed by atoms with Gasteiger partial charge in [0.2, 0.25) is 31.9 Å². The van der Waals surface area contributed by atoms with Gasteiger partial charge in [-0.25, -0.2) is 26.3 Å². The number of ether oxygens (including phenoxy) is 1. The van der Waals surface area contributed by atoms with Crippen LogP contribution >= 0.6 is 23.2 Å². The second-order valence-electron chi connectivity index (χ2n) is 12.2. The van der Waals surface area contributed by atoms with Gasteiger partial charge >= 0.3 is 0 Å². The van der Waals surface area contributed by atoms with Gasteiger partial charge in [0, 0.05) is 36.1 Å². The first-order valence-electron chi connectivity index (χ1n) is 15.5. The molecule has 2 aliphatic heterocycles. The molecule has 12 nitrogen and oxygen atoms in total. The maximum atomic E-state index is 14.1. The van der Waals surface area contributed by atoms with Gasteiger partial charge in [-0.2, -0.15) is 0 Å². The molecule has 2 aliphatic rings. The van der Waals surface area contributed by atoms with Crippen LogP contribution in [0.15, 0.2) is 42.5 Å². The Morgan fingerprint density at radius 1 is 0.957 bits per heavy atom. The van der Waals surface area contributed by atoms with E-state index in [1.54, 1.807) is 30.3 Å². The summed E-state index contributed by atoms with van der Waals surface area (Å²) in [5, 5.41) is 7.19. The van der Waals surface area contributed by atoms with Crippen LogP contribution < -0.4 is 20.1 Å². The maximum absolute atomic E-state index is 14.1. The van der Waals surface area contributed by atoms with E-state index in [9.17, 15) is 26.4 Å². The molecule has 16 heteroatoms. The quantitative estimate of drug-likeness (QED) is 0.217. The number of nitrogens with zero attached hydrogens (tertiary/aromatic N) is 1. The zero-order valence-corrected chi connectivity index (χ0v) is 29.7. The highest BCUT2D eigenvalue weighted by Gasteiger charge is 2.42. The van der Waals surface area contributed by atoms with Crippen molar-refractivity contribution < 1.29 is 31.2 Å². The molecule has 2 fully saturated rings. The number of hydrogen-bond donors (Lipinski definition) is 4. The van der Waals surface area contributed by atoms with E-state index in [-0.39, 0.29) is 32.7 Å². The number of carbonyl (C=O) groups excluding carboxylic acids is 2. The minimum absolute atomic E-state index is 0.00571. The molecule has 0 saturated carbocycles. The van der Waals surface area contributed by atoms with Crippen LogP contribution in [0, 0.1) is 5.92 Å². The fourth-order valence-electron chi connectivity index (χ4n) is 5.91. The number of nitrogens with one attached hydrogen (secondary N) is 4. The first kappa shape index (κ1) is 37.5. The van der Waals surface area contributed by atoms with Crippen molar-refractivity contribution in [2.75, 3.05) is 32.1 Å². The largest absolute Gasteiger partial charge is 0.372 e. The van der Waals surface area contributed by atoms with Crippen molar-refractivity contribution in [1.29, 1.82) is 0 Å². The Morgan fingerprint density at radius 3 is 2.30 bits per heavy atom. The number of piperidine rings is 1. The lowest BCUT2D eigenvalue weighted by Gasteiger charge is -2.30. The van der Waals surface area contributed by atoms with Gasteiger partial charge in [-0.15, -0.1) is 0 Å². The highest BCUT2D eigenvalue weighted by Crippen LogP contribution is 2.26. The van der Waals surface area contributed by atoms with Crippen molar-refractivity contribution >= 4 is 55.1 Å². The molecule has 2 aromatic carbocycles. The monoisotopic (exact) mass is 731 g/mol. The number of hydrogen-bond acceptors (Lipinski definition) is 8. The molecule has 2 saturated heterocycles. The highest BCUT2D eigenvalue weighted by atomic mass is 35.5. The molecule has 47 heavy (non-hydrogen) atoms. The number of halogens is 2. The molecule has 0 radical (unpaired) electrons. The summed E-state index contributed by atoms with van der Waals surface area (Å²) in [7, 11) is -7.20. The van der Waals surface area contributed by atoms with Crippen molar-refractivity contribution in [1.82, 2.24) is 25.0 Å². The summed E-state index contributed by atoms with van der Waals surface area (Å²) in [6, 6.07) is 10.1. The molecule has 0 aromatic heterocycles. The van der Waals surface area contributed by atoms with Gasteiger partial charge < -0.3 is 20.3 Å². The molecule has 0 aliphatic carbocycles. The summed E-state index contributed by atoms with van der Waals surface area (Å²) in [5.74, 6) is -0.567. The number of carbonyl (C=O) groups is 2. The first-order valence-corrected chi connectivity index (χ1v) is 20.0. The van der Waals surface area contributed by atoms with Crippen molar-refractivity contribution in [2.24, 2.45) is 5.92 Å². The van der Waals surface area contributed by atoms with Crippen LogP contribution in [0.25, 0.3) is 0 Å². The first-order chi connectivity index (χ1) is 22.2. The molecule has 0 unspecified atom stereocenters. The van der Waals surface area contributed by atoms with E-state index in [1.165, 1.54) is 4.90 Å². The minimum Gasteiger partial charge on any atom is -0.372 e. The number of likely N-dealkylation sites (tertiary alicyclic amines) is 1. The predicted molar refractivity (Wildman–Crippen MR) is 182 cm³/mol. The second kappa shape index (κ2) is 16.9. The van der Waals surface area contributed by atoms with E-state index in [0.717, 1.165) is 44.0 Å². The van der Waals surface area contributed by atoms with Gasteiger partial charge in [-0.1, -0.05) is 41.4 Å². The molecule has 0 bridgehead atoms. The molecule has 2 aromatic rings. The van der Waals surface area contributed by atoms with Gasteiger partial charge in [0.1, 0.15) is 12.1 Å². The van der Waals surface area contributed by atoms with E-state index < -0.39 is 50.0 Å². The summed E-state index contributed by atoms with van der Waals surface area (Å²) in [6.07, 6.45) is 4.64. The van der Waals surface area contributed by atoms with Crippen LogP contribution in [0.3, 0.4) is 0 Å². The zero-order chi connectivity index (χ0) is 34.2. The lowest BCUT2D eigenvalue weighted by Crippen LogP contribution is -2.53. The predicted octanol–water partition coefficient (Wildman–Crippen LogP) is 2.54. The fourth-order valence-corrected chi connectivity index (χ4v) is 7.38. The average molecular weight is 733 g/mol. The molecule has 260 valence electrons. The van der Waals surface area contributed by atoms with Crippen molar-refractivity contribution in [3.8, 4) is 0 Å². The number of sulfonamides is 2. The third kappa shape index (κ3) is 12.3. The van der Waals surface area contributed by atoms with Crippen LogP contribution in [-0.4, -0.2) is 83.9 Å². The highest BCUT2D eigenvalue weighted by molar-refractivity contribution is 7.89. The van der Waals surface area contributed by atoms with Gasteiger partial charge in [0.25, 0.3) is 0 Å². The Kier molecular flexibility index (Phi) is 13.5. The van der Waals surface area contributed by atoms with Gasteiger partial charge in [-0.05, 0) is 85.6 Å². The summed E-state index contributed by atoms with van der Waals surface area (Å²) in [4.78, 5) is 29.2.